The van der Waals surface area contributed by atoms with Gasteiger partial charge in [0.05, 0.1) is 12.7 Å². The summed E-state index contributed by atoms with van der Waals surface area (Å²) in [6.45, 7) is 2.94. The van der Waals surface area contributed by atoms with Crippen molar-refractivity contribution in [2.24, 2.45) is 0 Å². The van der Waals surface area contributed by atoms with Crippen LogP contribution in [0, 0.1) is 0 Å². The van der Waals surface area contributed by atoms with E-state index in [4.69, 9.17) is 18.5 Å². The molecule has 408 valence electrons. The molecule has 0 bridgehead atoms. The van der Waals surface area contributed by atoms with Gasteiger partial charge in [0.2, 0.25) is 0 Å². The number of allylic oxidation sites excluding steroid dienone is 12. The van der Waals surface area contributed by atoms with Crippen molar-refractivity contribution in [3.8, 4) is 0 Å². The Morgan fingerprint density at radius 1 is 0.521 bits per heavy atom. The topological polar surface area (TPSA) is 276 Å². The first-order valence-electron chi connectivity index (χ1n) is 25.7. The number of carbonyl (C=O) groups excluding carboxylic acids is 2. The molecule has 19 heteroatoms. The third kappa shape index (κ3) is 35.9. The van der Waals surface area contributed by atoms with Crippen LogP contribution in [0.5, 0.6) is 0 Å². The molecule has 71 heavy (non-hydrogen) atoms. The van der Waals surface area contributed by atoms with Gasteiger partial charge in [-0.1, -0.05) is 157 Å². The summed E-state index contributed by atoms with van der Waals surface area (Å²) in [6.07, 6.45) is 34.0. The summed E-state index contributed by atoms with van der Waals surface area (Å²) in [5.74, 6) is -1.33. The average Bonchev–Trinajstić information content (AvgIpc) is 3.32. The van der Waals surface area contributed by atoms with Crippen molar-refractivity contribution in [2.75, 3.05) is 13.2 Å². The number of ether oxygens (including phenoxy) is 2. The van der Waals surface area contributed by atoms with Crippen LogP contribution in [0.15, 0.2) is 85.1 Å². The molecule has 17 nitrogen and oxygen atoms in total. The molecule has 0 radical (unpaired) electrons. The van der Waals surface area contributed by atoms with E-state index in [1.807, 2.05) is 36.5 Å². The molecule has 0 amide bonds. The lowest BCUT2D eigenvalue weighted by Gasteiger charge is -2.43. The van der Waals surface area contributed by atoms with Crippen LogP contribution in [0.3, 0.4) is 0 Å². The third-order valence-corrected chi connectivity index (χ3v) is 12.8. The molecule has 8 N–H and O–H groups in total. The lowest BCUT2D eigenvalue weighted by molar-refractivity contribution is -0.216. The summed E-state index contributed by atoms with van der Waals surface area (Å²) in [5.41, 5.74) is 0. The number of hydrogen-bond acceptors (Lipinski definition) is 14. The summed E-state index contributed by atoms with van der Waals surface area (Å²) in [6, 6.07) is 0. The molecule has 0 spiro atoms. The number of aliphatic hydroxyl groups excluding tert-OH is 5. The maximum Gasteiger partial charge on any atom is 0.472 e. The van der Waals surface area contributed by atoms with Gasteiger partial charge in [0.25, 0.3) is 0 Å². The summed E-state index contributed by atoms with van der Waals surface area (Å²) in [4.78, 5) is 54.4. The fourth-order valence-corrected chi connectivity index (χ4v) is 8.76. The van der Waals surface area contributed by atoms with Gasteiger partial charge in [-0.05, 0) is 83.5 Å². The van der Waals surface area contributed by atoms with Crippen molar-refractivity contribution in [3.05, 3.63) is 85.1 Å². The van der Waals surface area contributed by atoms with E-state index in [9.17, 15) is 58.9 Å². The van der Waals surface area contributed by atoms with Crippen LogP contribution in [-0.2, 0) is 41.8 Å². The minimum atomic E-state index is -5.39. The van der Waals surface area contributed by atoms with Crippen LogP contribution in [0.25, 0.3) is 0 Å². The molecule has 5 unspecified atom stereocenters. The van der Waals surface area contributed by atoms with Crippen LogP contribution in [-0.4, -0.2) is 114 Å². The van der Waals surface area contributed by atoms with Crippen LogP contribution in [0.2, 0.25) is 0 Å². The first kappa shape index (κ1) is 66.2. The summed E-state index contributed by atoms with van der Waals surface area (Å²) < 4.78 is 49.4. The number of phosphoric acid groups is 2. The van der Waals surface area contributed by atoms with E-state index in [1.165, 1.54) is 38.5 Å². The van der Waals surface area contributed by atoms with Crippen LogP contribution >= 0.6 is 15.6 Å². The highest BCUT2D eigenvalue weighted by Gasteiger charge is 2.54. The highest BCUT2D eigenvalue weighted by atomic mass is 31.2. The van der Waals surface area contributed by atoms with Gasteiger partial charge in [0.1, 0.15) is 43.2 Å². The molecule has 1 aliphatic rings. The van der Waals surface area contributed by atoms with Gasteiger partial charge in [-0.25, -0.2) is 9.13 Å². The van der Waals surface area contributed by atoms with Crippen LogP contribution < -0.4 is 0 Å². The minimum absolute atomic E-state index is 0.0733. The highest BCUT2D eigenvalue weighted by molar-refractivity contribution is 7.47. The van der Waals surface area contributed by atoms with E-state index in [1.54, 1.807) is 6.08 Å². The van der Waals surface area contributed by atoms with E-state index in [0.29, 0.717) is 32.1 Å². The Morgan fingerprint density at radius 3 is 1.61 bits per heavy atom. The van der Waals surface area contributed by atoms with Crippen LogP contribution in [0.1, 0.15) is 168 Å². The molecule has 1 fully saturated rings. The Kier molecular flexibility index (Phi) is 38.7. The Balaban J connectivity index is 2.62. The monoisotopic (exact) mass is 1050 g/mol. The molecule has 0 saturated heterocycles. The van der Waals surface area contributed by atoms with E-state index < -0.39 is 89.6 Å². The van der Waals surface area contributed by atoms with E-state index >= 15 is 0 Å². The smallest absolute Gasteiger partial charge is 0.462 e. The van der Waals surface area contributed by atoms with Gasteiger partial charge in [0, 0.05) is 12.8 Å². The minimum Gasteiger partial charge on any atom is -0.462 e. The largest absolute Gasteiger partial charge is 0.472 e. The van der Waals surface area contributed by atoms with Gasteiger partial charge < -0.3 is 49.7 Å². The molecule has 0 aliphatic heterocycles. The third-order valence-electron chi connectivity index (χ3n) is 11.3. The second-order valence-corrected chi connectivity index (χ2v) is 20.3. The number of aliphatic hydroxyl groups is 5. The number of unbranched alkanes of at least 4 members (excludes halogenated alkanes) is 14. The lowest BCUT2D eigenvalue weighted by atomic mass is 9.85. The highest BCUT2D eigenvalue weighted by Crippen LogP contribution is 2.49. The zero-order valence-electron chi connectivity index (χ0n) is 42.2. The maximum atomic E-state index is 13.0. The van der Waals surface area contributed by atoms with Crippen molar-refractivity contribution in [3.63, 3.8) is 0 Å². The van der Waals surface area contributed by atoms with Gasteiger partial charge in [-0.15, -0.1) is 0 Å². The molecule has 0 aromatic rings. The normalized spacial score (nSPS) is 22.0. The van der Waals surface area contributed by atoms with E-state index in [0.717, 1.165) is 70.6 Å². The van der Waals surface area contributed by atoms with Crippen molar-refractivity contribution in [1.29, 1.82) is 0 Å². The number of hydrogen-bond donors (Lipinski definition) is 8. The second kappa shape index (κ2) is 41.5. The van der Waals surface area contributed by atoms with Gasteiger partial charge in [-0.2, -0.15) is 0 Å². The van der Waals surface area contributed by atoms with E-state index in [-0.39, 0.29) is 12.8 Å². The SMILES string of the molecule is CCCCC/C=C\C=C/[C@H](O)C/C=C\C/C=C/CCCC(=O)O[C@H](COC(=O)CCCCCCCC/C=C\C/C=C\C/C=C\CCCCCC)COP(=O)(O)O[C@H]1C(O)C(O)C(O)[C@@H](OP(=O)(O)O)C1O. The average molecular weight is 1050 g/mol. The Hall–Kier alpha value is -2.86. The molecule has 0 heterocycles. The zero-order valence-corrected chi connectivity index (χ0v) is 44.0. The molecule has 1 aliphatic carbocycles. The Labute approximate surface area is 423 Å². The molecule has 1 saturated carbocycles. The first-order chi connectivity index (χ1) is 34.0. The molecular formula is C52H88O17P2. The molecule has 0 aromatic heterocycles. The lowest BCUT2D eigenvalue weighted by Crippen LogP contribution is -2.64. The van der Waals surface area contributed by atoms with Crippen molar-refractivity contribution in [2.45, 2.75) is 217 Å². The van der Waals surface area contributed by atoms with Gasteiger partial charge in [-0.3, -0.25) is 23.2 Å². The predicted molar refractivity (Wildman–Crippen MR) is 275 cm³/mol. The molecule has 9 atom stereocenters. The molecule has 0 aromatic carbocycles. The van der Waals surface area contributed by atoms with E-state index in [2.05, 4.69) is 60.9 Å². The standard InChI is InChI=1S/C52H88O17P2/c1-3-5-7-9-11-12-13-14-15-16-17-18-19-20-21-22-23-27-31-35-39-45(54)65-41-44(42-66-71(63,64)69-52-49(58)47(56)48(57)51(50(52)59)68-70(60,61)62)67-46(55)40-36-32-28-24-26-30-34-38-43(53)37-33-29-25-10-8-6-4-2/h12-13,15-16,18-19,24-25,28-30,33-34,37,43-44,47-53,56-59H,3-11,14,17,20-23,26-27,31-32,35-36,38-42H2,1-2H3,(H,63,64)(H2,60,61,62)/b13-12-,16-15-,19-18-,28-24+,29-25-,34-30-,37-33-/t43-,44+,47?,48?,49?,50?,51+,52-/m0/s1. The summed E-state index contributed by atoms with van der Waals surface area (Å²) in [5, 5.41) is 51.4. The molecule has 1 rings (SSSR count). The first-order valence-corrected chi connectivity index (χ1v) is 28.8. The van der Waals surface area contributed by atoms with Gasteiger partial charge in [0.15, 0.2) is 6.10 Å². The van der Waals surface area contributed by atoms with Crippen molar-refractivity contribution in [1.82, 2.24) is 0 Å². The maximum absolute atomic E-state index is 13.0. The summed E-state index contributed by atoms with van der Waals surface area (Å²) in [7, 11) is -10.7. The second-order valence-electron chi connectivity index (χ2n) is 17.7. The quantitative estimate of drug-likeness (QED) is 0.00929. The number of phosphoric ester groups is 2. The number of esters is 2. The fourth-order valence-electron chi connectivity index (χ4n) is 7.22. The molecular weight excluding hydrogens is 959 g/mol. The van der Waals surface area contributed by atoms with Crippen molar-refractivity contribution >= 4 is 27.6 Å². The zero-order chi connectivity index (χ0) is 52.6. The van der Waals surface area contributed by atoms with Crippen molar-refractivity contribution < 1.29 is 82.0 Å². The van der Waals surface area contributed by atoms with Gasteiger partial charge >= 0.3 is 27.6 Å². The predicted octanol–water partition coefficient (Wildman–Crippen LogP) is 9.54. The number of carbonyl (C=O) groups is 2. The van der Waals surface area contributed by atoms with Crippen LogP contribution in [0.4, 0.5) is 0 Å². The summed E-state index contributed by atoms with van der Waals surface area (Å²) >= 11 is 0. The number of rotatable bonds is 42. The fraction of sp³-hybridized carbons (Fsp3) is 0.692. The Bertz CT molecular complexity index is 1710. The Morgan fingerprint density at radius 2 is 1.00 bits per heavy atom.